The monoisotopic (exact) mass is 240 g/mol. The fourth-order valence-electron chi connectivity index (χ4n) is 1.97. The molecule has 0 bridgehead atoms. The van der Waals surface area contributed by atoms with E-state index in [0.29, 0.717) is 5.92 Å². The molecule has 0 amide bonds. The molecule has 0 N–H and O–H groups in total. The molecule has 0 radical (unpaired) electrons. The van der Waals surface area contributed by atoms with Gasteiger partial charge < -0.3 is 9.47 Å². The molecule has 1 saturated heterocycles. The van der Waals surface area contributed by atoms with Crippen LogP contribution >= 0.6 is 0 Å². The summed E-state index contributed by atoms with van der Waals surface area (Å²) in [5, 5.41) is 0. The zero-order chi connectivity index (χ0) is 12.9. The predicted molar refractivity (Wildman–Crippen MR) is 71.9 cm³/mol. The van der Waals surface area contributed by atoms with Crippen molar-refractivity contribution < 1.29 is 9.47 Å². The van der Waals surface area contributed by atoms with Crippen molar-refractivity contribution in [3.63, 3.8) is 0 Å². The van der Waals surface area contributed by atoms with Crippen molar-refractivity contribution in [3.8, 4) is 0 Å². The Kier molecular flexibility index (Phi) is 5.68. The Morgan fingerprint density at radius 1 is 1.29 bits per heavy atom. The highest BCUT2D eigenvalue weighted by Gasteiger charge is 2.28. The summed E-state index contributed by atoms with van der Waals surface area (Å²) in [6.07, 6.45) is 5.73. The van der Waals surface area contributed by atoms with Crippen LogP contribution in [0.15, 0.2) is 11.6 Å². The standard InChI is InChI=1S/C15H28O2/c1-12(2)7-6-8-13(3)9-14-16-10-15(4,5)11-17-14/h7,13-14H,6,8-11H2,1-5H3/t13-/m1/s1. The molecule has 1 aliphatic rings. The maximum absolute atomic E-state index is 5.75. The lowest BCUT2D eigenvalue weighted by Gasteiger charge is -2.35. The number of ether oxygens (including phenoxy) is 2. The van der Waals surface area contributed by atoms with Crippen molar-refractivity contribution in [1.82, 2.24) is 0 Å². The SMILES string of the molecule is CC(C)=CCC[C@@H](C)CC1OCC(C)(C)CO1. The fourth-order valence-corrected chi connectivity index (χ4v) is 1.97. The van der Waals surface area contributed by atoms with E-state index < -0.39 is 0 Å². The van der Waals surface area contributed by atoms with Gasteiger partial charge in [0.1, 0.15) is 0 Å². The number of hydrogen-bond donors (Lipinski definition) is 0. The first-order valence-electron chi connectivity index (χ1n) is 6.75. The van der Waals surface area contributed by atoms with Crippen molar-refractivity contribution in [2.75, 3.05) is 13.2 Å². The average Bonchev–Trinajstić information content (AvgIpc) is 2.21. The van der Waals surface area contributed by atoms with Gasteiger partial charge in [0.05, 0.1) is 13.2 Å². The molecule has 17 heavy (non-hydrogen) atoms. The Morgan fingerprint density at radius 2 is 1.88 bits per heavy atom. The molecule has 0 aliphatic carbocycles. The van der Waals surface area contributed by atoms with E-state index in [4.69, 9.17) is 9.47 Å². The van der Waals surface area contributed by atoms with Gasteiger partial charge in [-0.2, -0.15) is 0 Å². The van der Waals surface area contributed by atoms with Crippen molar-refractivity contribution >= 4 is 0 Å². The molecule has 0 unspecified atom stereocenters. The van der Waals surface area contributed by atoms with Gasteiger partial charge in [-0.15, -0.1) is 0 Å². The smallest absolute Gasteiger partial charge is 0.157 e. The van der Waals surface area contributed by atoms with Crippen molar-refractivity contribution in [2.45, 2.75) is 60.2 Å². The van der Waals surface area contributed by atoms with Gasteiger partial charge in [0.15, 0.2) is 6.29 Å². The second-order valence-electron chi connectivity index (χ2n) is 6.42. The van der Waals surface area contributed by atoms with E-state index in [9.17, 15) is 0 Å². The second-order valence-corrected chi connectivity index (χ2v) is 6.42. The summed E-state index contributed by atoms with van der Waals surface area (Å²) in [5.41, 5.74) is 1.59. The van der Waals surface area contributed by atoms with E-state index in [-0.39, 0.29) is 11.7 Å². The molecule has 1 atom stereocenters. The van der Waals surface area contributed by atoms with Crippen molar-refractivity contribution in [1.29, 1.82) is 0 Å². The lowest BCUT2D eigenvalue weighted by molar-refractivity contribution is -0.227. The van der Waals surface area contributed by atoms with Crippen LogP contribution in [-0.4, -0.2) is 19.5 Å². The van der Waals surface area contributed by atoms with E-state index in [1.807, 2.05) is 0 Å². The fraction of sp³-hybridized carbons (Fsp3) is 0.867. The average molecular weight is 240 g/mol. The van der Waals surface area contributed by atoms with E-state index >= 15 is 0 Å². The molecule has 1 rings (SSSR count). The summed E-state index contributed by atoms with van der Waals surface area (Å²) in [7, 11) is 0. The molecule has 1 heterocycles. The largest absolute Gasteiger partial charge is 0.352 e. The van der Waals surface area contributed by atoms with Crippen LogP contribution in [0.4, 0.5) is 0 Å². The van der Waals surface area contributed by atoms with Gasteiger partial charge in [-0.1, -0.05) is 32.4 Å². The molecule has 1 aliphatic heterocycles. The first-order chi connectivity index (χ1) is 7.89. The predicted octanol–water partition coefficient (Wildman–Crippen LogP) is 4.16. The molecule has 0 aromatic carbocycles. The Hall–Kier alpha value is -0.340. The Labute approximate surface area is 106 Å². The van der Waals surface area contributed by atoms with E-state index in [0.717, 1.165) is 19.6 Å². The minimum absolute atomic E-state index is 0.0183. The third kappa shape index (κ3) is 6.23. The van der Waals surface area contributed by atoms with Crippen LogP contribution in [0.25, 0.3) is 0 Å². The van der Waals surface area contributed by atoms with Crippen molar-refractivity contribution in [2.24, 2.45) is 11.3 Å². The molecular weight excluding hydrogens is 212 g/mol. The van der Waals surface area contributed by atoms with Crippen LogP contribution < -0.4 is 0 Å². The summed E-state index contributed by atoms with van der Waals surface area (Å²) < 4.78 is 11.5. The van der Waals surface area contributed by atoms with Crippen LogP contribution in [-0.2, 0) is 9.47 Å². The zero-order valence-corrected chi connectivity index (χ0v) is 12.1. The summed E-state index contributed by atoms with van der Waals surface area (Å²) in [6, 6.07) is 0. The third-order valence-corrected chi connectivity index (χ3v) is 3.13. The summed E-state index contributed by atoms with van der Waals surface area (Å²) in [4.78, 5) is 0. The number of allylic oxidation sites excluding steroid dienone is 2. The Bertz CT molecular complexity index is 242. The molecule has 0 aromatic rings. The molecule has 0 spiro atoms. The molecule has 2 nitrogen and oxygen atoms in total. The van der Waals surface area contributed by atoms with Gasteiger partial charge in [0.25, 0.3) is 0 Å². The number of rotatable bonds is 5. The van der Waals surface area contributed by atoms with Crippen molar-refractivity contribution in [3.05, 3.63) is 11.6 Å². The maximum Gasteiger partial charge on any atom is 0.157 e. The summed E-state index contributed by atoms with van der Waals surface area (Å²) >= 11 is 0. The van der Waals surface area contributed by atoms with Gasteiger partial charge in [-0.3, -0.25) is 0 Å². The lowest BCUT2D eigenvalue weighted by Crippen LogP contribution is -2.38. The molecular formula is C15H28O2. The minimum Gasteiger partial charge on any atom is -0.352 e. The quantitative estimate of drug-likeness (QED) is 0.672. The van der Waals surface area contributed by atoms with Gasteiger partial charge in [0, 0.05) is 11.8 Å². The second kappa shape index (κ2) is 6.55. The number of hydrogen-bond acceptors (Lipinski definition) is 2. The first kappa shape index (κ1) is 14.7. The molecule has 100 valence electrons. The van der Waals surface area contributed by atoms with Gasteiger partial charge in [0.2, 0.25) is 0 Å². The van der Waals surface area contributed by atoms with E-state index in [2.05, 4.69) is 40.7 Å². The minimum atomic E-state index is 0.0183. The van der Waals surface area contributed by atoms with Crippen LogP contribution in [0.3, 0.4) is 0 Å². The highest BCUT2D eigenvalue weighted by molar-refractivity contribution is 4.92. The summed E-state index contributed by atoms with van der Waals surface area (Å²) in [5.74, 6) is 0.664. The Balaban J connectivity index is 2.19. The summed E-state index contributed by atoms with van der Waals surface area (Å²) in [6.45, 7) is 12.6. The Morgan fingerprint density at radius 3 is 2.41 bits per heavy atom. The topological polar surface area (TPSA) is 18.5 Å². The molecule has 1 fully saturated rings. The highest BCUT2D eigenvalue weighted by atomic mass is 16.7. The normalized spacial score (nSPS) is 22.2. The zero-order valence-electron chi connectivity index (χ0n) is 12.1. The van der Waals surface area contributed by atoms with Gasteiger partial charge in [-0.05, 0) is 32.6 Å². The van der Waals surface area contributed by atoms with Crippen LogP contribution in [0.5, 0.6) is 0 Å². The van der Waals surface area contributed by atoms with Crippen LogP contribution in [0.1, 0.15) is 53.9 Å². The lowest BCUT2D eigenvalue weighted by atomic mass is 9.94. The van der Waals surface area contributed by atoms with Crippen LogP contribution in [0, 0.1) is 11.3 Å². The van der Waals surface area contributed by atoms with E-state index in [1.165, 1.54) is 18.4 Å². The first-order valence-corrected chi connectivity index (χ1v) is 6.75. The van der Waals surface area contributed by atoms with Gasteiger partial charge >= 0.3 is 0 Å². The molecule has 0 aromatic heterocycles. The third-order valence-electron chi connectivity index (χ3n) is 3.13. The maximum atomic E-state index is 5.75. The van der Waals surface area contributed by atoms with Gasteiger partial charge in [-0.25, -0.2) is 0 Å². The van der Waals surface area contributed by atoms with E-state index in [1.54, 1.807) is 0 Å². The molecule has 0 saturated carbocycles. The highest BCUT2D eigenvalue weighted by Crippen LogP contribution is 2.26. The van der Waals surface area contributed by atoms with Crippen LogP contribution in [0.2, 0.25) is 0 Å². The molecule has 2 heteroatoms.